The lowest BCUT2D eigenvalue weighted by molar-refractivity contribution is 0.106. The Bertz CT molecular complexity index is 459. The first kappa shape index (κ1) is 12.3. The van der Waals surface area contributed by atoms with Crippen LogP contribution in [0.2, 0.25) is 0 Å². The first-order valence-electron chi connectivity index (χ1n) is 3.55. The number of aromatic nitrogens is 1. The number of hydrogen-bond donors (Lipinski definition) is 0. The van der Waals surface area contributed by atoms with E-state index in [0.717, 1.165) is 6.20 Å². The average Bonchev–Trinajstić information content (AvgIpc) is 2.16. The second-order valence-corrected chi connectivity index (χ2v) is 3.93. The van der Waals surface area contributed by atoms with E-state index < -0.39 is 22.9 Å². The first-order valence-corrected chi connectivity index (χ1v) is 5.01. The van der Waals surface area contributed by atoms with Gasteiger partial charge < -0.3 is 0 Å². The molecule has 7 heteroatoms. The van der Waals surface area contributed by atoms with Crippen molar-refractivity contribution in [2.75, 3.05) is 0 Å². The van der Waals surface area contributed by atoms with Crippen molar-refractivity contribution in [2.24, 2.45) is 0 Å². The van der Waals surface area contributed by atoms with Gasteiger partial charge in [-0.15, -0.1) is 0 Å². The third-order valence-corrected chi connectivity index (χ3v) is 2.58. The third kappa shape index (κ3) is 2.41. The number of nitrogens with zero attached hydrogens (tertiary/aromatic N) is 2. The van der Waals surface area contributed by atoms with E-state index in [1.807, 2.05) is 0 Å². The molecule has 1 aromatic heterocycles. The van der Waals surface area contributed by atoms with Crippen molar-refractivity contribution >= 4 is 39.4 Å². The molecule has 0 spiro atoms. The topological polar surface area (TPSA) is 53.8 Å². The number of rotatable bonds is 2. The molecule has 0 N–H and O–H groups in total. The van der Waals surface area contributed by atoms with E-state index >= 15 is 0 Å². The Labute approximate surface area is 102 Å². The van der Waals surface area contributed by atoms with E-state index in [4.69, 9.17) is 16.9 Å². The Kier molecular flexibility index (Phi) is 3.93. The highest BCUT2D eigenvalue weighted by Crippen LogP contribution is 2.27. The van der Waals surface area contributed by atoms with Crippen molar-refractivity contribution in [2.45, 2.75) is 6.43 Å². The first-order chi connectivity index (χ1) is 6.99. The molecular formula is C8H2ClF2IN2O. The van der Waals surface area contributed by atoms with E-state index in [9.17, 15) is 13.6 Å². The van der Waals surface area contributed by atoms with Gasteiger partial charge in [-0.1, -0.05) is 0 Å². The molecule has 15 heavy (non-hydrogen) atoms. The molecule has 0 aliphatic carbocycles. The fourth-order valence-corrected chi connectivity index (χ4v) is 1.70. The lowest BCUT2D eigenvalue weighted by Gasteiger charge is -2.06. The molecule has 0 fully saturated rings. The summed E-state index contributed by atoms with van der Waals surface area (Å²) in [4.78, 5) is 14.3. The second kappa shape index (κ2) is 4.81. The molecule has 0 aromatic carbocycles. The summed E-state index contributed by atoms with van der Waals surface area (Å²) in [5.74, 6) is 0. The normalized spacial score (nSPS) is 10.1. The van der Waals surface area contributed by atoms with Crippen LogP contribution in [-0.4, -0.2) is 10.2 Å². The molecule has 0 amide bonds. The molecule has 0 saturated carbocycles. The summed E-state index contributed by atoms with van der Waals surface area (Å²) in [7, 11) is 0. The molecule has 0 saturated heterocycles. The van der Waals surface area contributed by atoms with E-state index in [0.29, 0.717) is 3.57 Å². The molecule has 3 nitrogen and oxygen atoms in total. The maximum absolute atomic E-state index is 12.5. The molecule has 1 rings (SSSR count). The van der Waals surface area contributed by atoms with Crippen molar-refractivity contribution in [3.8, 4) is 6.07 Å². The highest BCUT2D eigenvalue weighted by molar-refractivity contribution is 14.1. The minimum absolute atomic E-state index is 0.166. The number of alkyl halides is 2. The average molecular weight is 342 g/mol. The maximum atomic E-state index is 12.5. The lowest BCUT2D eigenvalue weighted by Crippen LogP contribution is -2.06. The van der Waals surface area contributed by atoms with Gasteiger partial charge in [0.25, 0.3) is 11.7 Å². The summed E-state index contributed by atoms with van der Waals surface area (Å²) < 4.78 is 25.2. The van der Waals surface area contributed by atoms with Gasteiger partial charge in [-0.3, -0.25) is 9.78 Å². The third-order valence-electron chi connectivity index (χ3n) is 1.58. The predicted octanol–water partition coefficient (Wildman–Crippen LogP) is 2.87. The van der Waals surface area contributed by atoms with E-state index in [1.54, 1.807) is 28.7 Å². The molecule has 1 aromatic rings. The minimum atomic E-state index is -2.94. The van der Waals surface area contributed by atoms with Crippen molar-refractivity contribution < 1.29 is 13.6 Å². The van der Waals surface area contributed by atoms with Crippen LogP contribution in [0.4, 0.5) is 8.78 Å². The Balaban J connectivity index is 3.58. The van der Waals surface area contributed by atoms with Crippen LogP contribution in [0.5, 0.6) is 0 Å². The van der Waals surface area contributed by atoms with Gasteiger partial charge >= 0.3 is 0 Å². The summed E-state index contributed by atoms with van der Waals surface area (Å²) >= 11 is 6.86. The van der Waals surface area contributed by atoms with Crippen LogP contribution in [-0.2, 0) is 0 Å². The maximum Gasteiger partial charge on any atom is 0.281 e. The van der Waals surface area contributed by atoms with E-state index in [2.05, 4.69) is 4.98 Å². The standard InChI is InChI=1S/C8H2ClF2IN2O/c9-7(15)5-3(1-13)4(12)2-14-6(5)8(10)11/h2,8H. The van der Waals surface area contributed by atoms with Crippen LogP contribution in [0.25, 0.3) is 0 Å². The Morgan fingerprint density at radius 2 is 2.27 bits per heavy atom. The Morgan fingerprint density at radius 3 is 2.67 bits per heavy atom. The van der Waals surface area contributed by atoms with Crippen LogP contribution >= 0.6 is 34.2 Å². The van der Waals surface area contributed by atoms with Crippen LogP contribution in [0, 0.1) is 14.9 Å². The molecule has 0 bridgehead atoms. The molecule has 0 atom stereocenters. The predicted molar refractivity (Wildman–Crippen MR) is 56.8 cm³/mol. The summed E-state index contributed by atoms with van der Waals surface area (Å²) in [6.45, 7) is 0. The van der Waals surface area contributed by atoms with Crippen molar-refractivity contribution in [1.82, 2.24) is 4.98 Å². The molecule has 78 valence electrons. The van der Waals surface area contributed by atoms with E-state index in [1.165, 1.54) is 0 Å². The zero-order valence-electron chi connectivity index (χ0n) is 6.97. The summed E-state index contributed by atoms with van der Waals surface area (Å²) in [5, 5.41) is 7.61. The fourth-order valence-electron chi connectivity index (χ4n) is 0.977. The van der Waals surface area contributed by atoms with Crippen molar-refractivity contribution in [3.63, 3.8) is 0 Å². The van der Waals surface area contributed by atoms with Gasteiger partial charge in [0.1, 0.15) is 11.8 Å². The van der Waals surface area contributed by atoms with Gasteiger partial charge in [-0.05, 0) is 34.2 Å². The van der Waals surface area contributed by atoms with Gasteiger partial charge in [-0.2, -0.15) is 5.26 Å². The zero-order chi connectivity index (χ0) is 11.6. The van der Waals surface area contributed by atoms with Crippen LogP contribution in [0.1, 0.15) is 28.0 Å². The van der Waals surface area contributed by atoms with Gasteiger partial charge in [0.15, 0.2) is 0 Å². The molecule has 0 aliphatic rings. The van der Waals surface area contributed by atoms with Crippen molar-refractivity contribution in [1.29, 1.82) is 5.26 Å². The molecule has 0 unspecified atom stereocenters. The number of pyridine rings is 1. The number of hydrogen-bond acceptors (Lipinski definition) is 3. The number of carbonyl (C=O) groups is 1. The molecule has 1 heterocycles. The molecule has 0 radical (unpaired) electrons. The quantitative estimate of drug-likeness (QED) is 0.613. The summed E-state index contributed by atoms with van der Waals surface area (Å²) in [6, 6.07) is 1.65. The SMILES string of the molecule is N#Cc1c(I)cnc(C(F)F)c1C(=O)Cl. The number of carbonyl (C=O) groups excluding carboxylic acids is 1. The Morgan fingerprint density at radius 1 is 1.67 bits per heavy atom. The number of halogens is 4. The zero-order valence-corrected chi connectivity index (χ0v) is 9.88. The molecule has 0 aliphatic heterocycles. The van der Waals surface area contributed by atoms with Crippen LogP contribution in [0.3, 0.4) is 0 Å². The monoisotopic (exact) mass is 342 g/mol. The van der Waals surface area contributed by atoms with E-state index in [-0.39, 0.29) is 5.56 Å². The highest BCUT2D eigenvalue weighted by Gasteiger charge is 2.24. The molecular weight excluding hydrogens is 340 g/mol. The smallest absolute Gasteiger partial charge is 0.275 e. The fraction of sp³-hybridized carbons (Fsp3) is 0.125. The van der Waals surface area contributed by atoms with Crippen molar-refractivity contribution in [3.05, 3.63) is 26.6 Å². The van der Waals surface area contributed by atoms with Crippen LogP contribution < -0.4 is 0 Å². The highest BCUT2D eigenvalue weighted by atomic mass is 127. The largest absolute Gasteiger partial charge is 0.281 e. The summed E-state index contributed by atoms with van der Waals surface area (Å²) in [5.41, 5.74) is -1.44. The summed E-state index contributed by atoms with van der Waals surface area (Å²) in [6.07, 6.45) is -1.84. The van der Waals surface area contributed by atoms with Gasteiger partial charge in [0, 0.05) is 9.77 Å². The Hall–Kier alpha value is -0.810. The lowest BCUT2D eigenvalue weighted by atomic mass is 10.1. The minimum Gasteiger partial charge on any atom is -0.275 e. The second-order valence-electron chi connectivity index (χ2n) is 2.43. The van der Waals surface area contributed by atoms with Gasteiger partial charge in [-0.25, -0.2) is 8.78 Å². The number of nitriles is 1. The van der Waals surface area contributed by atoms with Crippen LogP contribution in [0.15, 0.2) is 6.20 Å². The van der Waals surface area contributed by atoms with Gasteiger partial charge in [0.05, 0.1) is 11.1 Å². The van der Waals surface area contributed by atoms with Gasteiger partial charge in [0.2, 0.25) is 0 Å².